The van der Waals surface area contributed by atoms with Gasteiger partial charge in [0.1, 0.15) is 0 Å². The molecule has 0 aliphatic rings. The second-order valence-electron chi connectivity index (χ2n) is 4.48. The number of carbonyl (C=O) groups is 1. The first kappa shape index (κ1) is 15.4. The maximum atomic E-state index is 11.7. The van der Waals surface area contributed by atoms with Crippen molar-refractivity contribution in [3.05, 3.63) is 60.2 Å². The summed E-state index contributed by atoms with van der Waals surface area (Å²) >= 11 is 1.28. The fraction of sp³-hybridized carbons (Fsp3) is 0.188. The largest absolute Gasteiger partial charge is 0.399 e. The molecule has 0 aromatic heterocycles. The highest BCUT2D eigenvalue weighted by Gasteiger charge is 2.02. The van der Waals surface area contributed by atoms with Crippen molar-refractivity contribution in [2.75, 3.05) is 12.3 Å². The number of hydrogen-bond donors (Lipinski definition) is 2. The van der Waals surface area contributed by atoms with Crippen LogP contribution in [0.4, 0.5) is 5.69 Å². The third-order valence-corrected chi connectivity index (χ3v) is 3.59. The lowest BCUT2D eigenvalue weighted by Gasteiger charge is -2.06. The lowest BCUT2D eigenvalue weighted by molar-refractivity contribution is -0.120. The number of nitrogens with one attached hydrogen (secondary N) is 1. The lowest BCUT2D eigenvalue weighted by atomic mass is 10.2. The third-order valence-electron chi connectivity index (χ3n) is 2.75. The van der Waals surface area contributed by atoms with E-state index in [0.717, 1.165) is 10.5 Å². The quantitative estimate of drug-likeness (QED) is 0.469. The van der Waals surface area contributed by atoms with Crippen molar-refractivity contribution in [1.82, 2.24) is 4.72 Å². The van der Waals surface area contributed by atoms with E-state index in [4.69, 9.17) is 10.5 Å². The number of hydrogen-bond acceptors (Lipinski definition) is 4. The predicted molar refractivity (Wildman–Crippen MR) is 85.6 cm³/mol. The van der Waals surface area contributed by atoms with Crippen LogP contribution in [-0.4, -0.2) is 12.5 Å². The molecule has 0 aliphatic carbocycles. The molecule has 0 fully saturated rings. The molecule has 2 rings (SSSR count). The van der Waals surface area contributed by atoms with Crippen molar-refractivity contribution in [2.24, 2.45) is 0 Å². The molecule has 2 aromatic rings. The van der Waals surface area contributed by atoms with E-state index in [1.165, 1.54) is 11.9 Å². The van der Waals surface area contributed by atoms with Gasteiger partial charge in [-0.15, -0.1) is 0 Å². The number of benzene rings is 2. The summed E-state index contributed by atoms with van der Waals surface area (Å²) in [6.45, 7) is 0.933. The Hall–Kier alpha value is -1.98. The van der Waals surface area contributed by atoms with Crippen LogP contribution in [0.15, 0.2) is 59.5 Å². The van der Waals surface area contributed by atoms with Crippen molar-refractivity contribution in [2.45, 2.75) is 17.9 Å². The van der Waals surface area contributed by atoms with Gasteiger partial charge in [0, 0.05) is 10.6 Å². The molecule has 1 amide bonds. The van der Waals surface area contributed by atoms with E-state index in [-0.39, 0.29) is 5.91 Å². The topological polar surface area (TPSA) is 64.3 Å². The van der Waals surface area contributed by atoms with Crippen LogP contribution in [0.1, 0.15) is 12.0 Å². The summed E-state index contributed by atoms with van der Waals surface area (Å²) < 4.78 is 8.25. The highest BCUT2D eigenvalue weighted by Crippen LogP contribution is 2.16. The van der Waals surface area contributed by atoms with Crippen molar-refractivity contribution >= 4 is 23.5 Å². The Kier molecular flexibility index (Phi) is 6.12. The highest BCUT2D eigenvalue weighted by atomic mass is 32.2. The number of rotatable bonds is 7. The molecule has 2 aromatic carbocycles. The third kappa shape index (κ3) is 5.89. The van der Waals surface area contributed by atoms with Gasteiger partial charge < -0.3 is 10.5 Å². The van der Waals surface area contributed by atoms with Gasteiger partial charge in [-0.25, -0.2) is 0 Å². The fourth-order valence-corrected chi connectivity index (χ4v) is 2.24. The summed E-state index contributed by atoms with van der Waals surface area (Å²) in [5.74, 6) is -0.0510. The number of amides is 1. The minimum atomic E-state index is -0.0510. The van der Waals surface area contributed by atoms with Gasteiger partial charge in [-0.1, -0.05) is 30.3 Å². The van der Waals surface area contributed by atoms with Crippen LogP contribution < -0.4 is 10.5 Å². The first-order valence-corrected chi connectivity index (χ1v) is 7.48. The van der Waals surface area contributed by atoms with E-state index in [9.17, 15) is 4.79 Å². The SMILES string of the molecule is Nc1ccc(SNC(=O)CCOCc2ccccc2)cc1. The number of anilines is 1. The molecule has 5 heteroatoms. The van der Waals surface area contributed by atoms with E-state index in [0.29, 0.717) is 25.3 Å². The van der Waals surface area contributed by atoms with E-state index in [1.54, 1.807) is 12.1 Å². The Morgan fingerprint density at radius 2 is 1.81 bits per heavy atom. The molecule has 0 unspecified atom stereocenters. The standard InChI is InChI=1S/C16H18N2O2S/c17-14-6-8-15(9-7-14)21-18-16(19)10-11-20-12-13-4-2-1-3-5-13/h1-9H,10-12,17H2,(H,18,19). The molecular weight excluding hydrogens is 284 g/mol. The Balaban J connectivity index is 1.60. The Morgan fingerprint density at radius 3 is 2.52 bits per heavy atom. The first-order valence-electron chi connectivity index (χ1n) is 6.67. The zero-order valence-electron chi connectivity index (χ0n) is 11.6. The molecule has 110 valence electrons. The van der Waals surface area contributed by atoms with Gasteiger partial charge in [0.25, 0.3) is 0 Å². The number of ether oxygens (including phenoxy) is 1. The van der Waals surface area contributed by atoms with Gasteiger partial charge in [0.2, 0.25) is 5.91 Å². The second kappa shape index (κ2) is 8.34. The maximum Gasteiger partial charge on any atom is 0.232 e. The molecule has 0 bridgehead atoms. The monoisotopic (exact) mass is 302 g/mol. The second-order valence-corrected chi connectivity index (χ2v) is 5.36. The van der Waals surface area contributed by atoms with E-state index >= 15 is 0 Å². The highest BCUT2D eigenvalue weighted by molar-refractivity contribution is 7.98. The average Bonchev–Trinajstić information content (AvgIpc) is 2.52. The summed E-state index contributed by atoms with van der Waals surface area (Å²) in [7, 11) is 0. The molecule has 0 heterocycles. The van der Waals surface area contributed by atoms with Crippen molar-refractivity contribution < 1.29 is 9.53 Å². The van der Waals surface area contributed by atoms with Gasteiger partial charge in [0.05, 0.1) is 19.6 Å². The molecule has 0 saturated carbocycles. The molecular formula is C16H18N2O2S. The van der Waals surface area contributed by atoms with Crippen molar-refractivity contribution in [3.63, 3.8) is 0 Å². The van der Waals surface area contributed by atoms with Crippen LogP contribution in [0, 0.1) is 0 Å². The molecule has 0 atom stereocenters. The number of nitrogen functional groups attached to an aromatic ring is 1. The zero-order chi connectivity index (χ0) is 14.9. The Labute approximate surface area is 128 Å². The van der Waals surface area contributed by atoms with E-state index in [1.807, 2.05) is 42.5 Å². The number of carbonyl (C=O) groups excluding carboxylic acids is 1. The van der Waals surface area contributed by atoms with Crippen LogP contribution >= 0.6 is 11.9 Å². The van der Waals surface area contributed by atoms with Crippen LogP contribution in [0.3, 0.4) is 0 Å². The summed E-state index contributed by atoms with van der Waals surface area (Å²) in [4.78, 5) is 12.6. The molecule has 0 radical (unpaired) electrons. The normalized spacial score (nSPS) is 10.3. The fourth-order valence-electron chi connectivity index (χ4n) is 1.63. The molecule has 21 heavy (non-hydrogen) atoms. The molecule has 3 N–H and O–H groups in total. The van der Waals surface area contributed by atoms with Crippen molar-refractivity contribution in [3.8, 4) is 0 Å². The predicted octanol–water partition coefficient (Wildman–Crippen LogP) is 3.00. The molecule has 0 aliphatic heterocycles. The smallest absolute Gasteiger partial charge is 0.232 e. The zero-order valence-corrected chi connectivity index (χ0v) is 12.4. The first-order chi connectivity index (χ1) is 10.2. The van der Waals surface area contributed by atoms with Gasteiger partial charge in [0.15, 0.2) is 0 Å². The lowest BCUT2D eigenvalue weighted by Crippen LogP contribution is -2.17. The average molecular weight is 302 g/mol. The van der Waals surface area contributed by atoms with Crippen LogP contribution in [0.25, 0.3) is 0 Å². The maximum absolute atomic E-state index is 11.7. The van der Waals surface area contributed by atoms with Crippen LogP contribution in [-0.2, 0) is 16.1 Å². The van der Waals surface area contributed by atoms with E-state index in [2.05, 4.69) is 4.72 Å². The van der Waals surface area contributed by atoms with Gasteiger partial charge in [-0.05, 0) is 41.8 Å². The van der Waals surface area contributed by atoms with Gasteiger partial charge in [-0.3, -0.25) is 9.52 Å². The Morgan fingerprint density at radius 1 is 1.10 bits per heavy atom. The Bertz CT molecular complexity index is 558. The van der Waals surface area contributed by atoms with Gasteiger partial charge >= 0.3 is 0 Å². The molecule has 0 spiro atoms. The molecule has 0 saturated heterocycles. The van der Waals surface area contributed by atoms with Crippen molar-refractivity contribution in [1.29, 1.82) is 0 Å². The van der Waals surface area contributed by atoms with Crippen LogP contribution in [0.5, 0.6) is 0 Å². The van der Waals surface area contributed by atoms with Crippen LogP contribution in [0.2, 0.25) is 0 Å². The summed E-state index contributed by atoms with van der Waals surface area (Å²) in [6.07, 6.45) is 0.342. The minimum absolute atomic E-state index is 0.0510. The molecule has 4 nitrogen and oxygen atoms in total. The number of nitrogens with two attached hydrogens (primary N) is 1. The summed E-state index contributed by atoms with van der Waals surface area (Å²) in [5, 5.41) is 0. The summed E-state index contributed by atoms with van der Waals surface area (Å²) in [5.41, 5.74) is 7.41. The van der Waals surface area contributed by atoms with Gasteiger partial charge in [-0.2, -0.15) is 0 Å². The summed E-state index contributed by atoms with van der Waals surface area (Å²) in [6, 6.07) is 17.2. The van der Waals surface area contributed by atoms with E-state index < -0.39 is 0 Å². The minimum Gasteiger partial charge on any atom is -0.399 e.